The van der Waals surface area contributed by atoms with E-state index in [1.54, 1.807) is 12.1 Å². The zero-order valence-electron chi connectivity index (χ0n) is 10.1. The highest BCUT2D eigenvalue weighted by Gasteiger charge is 2.10. The van der Waals surface area contributed by atoms with Gasteiger partial charge in [-0.1, -0.05) is 13.0 Å². The minimum absolute atomic E-state index is 0.0500. The van der Waals surface area contributed by atoms with Crippen LogP contribution in [0.4, 0.5) is 4.39 Å². The second-order valence-corrected chi connectivity index (χ2v) is 4.20. The first-order chi connectivity index (χ1) is 8.02. The van der Waals surface area contributed by atoms with Crippen LogP contribution >= 0.6 is 0 Å². The zero-order valence-corrected chi connectivity index (χ0v) is 10.1. The summed E-state index contributed by atoms with van der Waals surface area (Å²) >= 11 is 0. The van der Waals surface area contributed by atoms with Crippen LogP contribution < -0.4 is 4.74 Å². The molecule has 0 amide bonds. The molecule has 0 aliphatic carbocycles. The Balaban J connectivity index is 2.54. The van der Waals surface area contributed by atoms with Crippen molar-refractivity contribution in [3.8, 4) is 5.75 Å². The molecular weight excluding hydrogens is 223 g/mol. The third-order valence-electron chi connectivity index (χ3n) is 2.69. The van der Waals surface area contributed by atoms with E-state index in [2.05, 4.69) is 0 Å². The Kier molecular flexibility index (Phi) is 4.94. The molecular formula is C13H17FO3. The summed E-state index contributed by atoms with van der Waals surface area (Å²) in [6, 6.07) is 4.74. The molecule has 1 aromatic carbocycles. The molecule has 0 aliphatic rings. The van der Waals surface area contributed by atoms with E-state index in [-0.39, 0.29) is 18.2 Å². The van der Waals surface area contributed by atoms with Crippen molar-refractivity contribution in [2.75, 3.05) is 7.11 Å². The van der Waals surface area contributed by atoms with Crippen LogP contribution in [-0.4, -0.2) is 18.2 Å². The number of aliphatic carboxylic acids is 1. The maximum absolute atomic E-state index is 13.6. The Hall–Kier alpha value is -1.58. The number of ether oxygens (including phenoxy) is 1. The number of methoxy groups -OCH3 is 1. The van der Waals surface area contributed by atoms with Gasteiger partial charge >= 0.3 is 5.97 Å². The first kappa shape index (κ1) is 13.5. The summed E-state index contributed by atoms with van der Waals surface area (Å²) in [5, 5.41) is 8.61. The lowest BCUT2D eigenvalue weighted by atomic mass is 9.98. The van der Waals surface area contributed by atoms with Crippen molar-refractivity contribution in [1.82, 2.24) is 0 Å². The topological polar surface area (TPSA) is 46.5 Å². The summed E-state index contributed by atoms with van der Waals surface area (Å²) in [5.74, 6) is -0.571. The van der Waals surface area contributed by atoms with Gasteiger partial charge in [0.25, 0.3) is 0 Å². The maximum atomic E-state index is 13.6. The Morgan fingerprint density at radius 3 is 2.76 bits per heavy atom. The summed E-state index contributed by atoms with van der Waals surface area (Å²) in [7, 11) is 1.49. The molecule has 0 aromatic heterocycles. The van der Waals surface area contributed by atoms with Crippen LogP contribution in [0.2, 0.25) is 0 Å². The van der Waals surface area contributed by atoms with Gasteiger partial charge < -0.3 is 9.84 Å². The van der Waals surface area contributed by atoms with Crippen molar-refractivity contribution in [2.45, 2.75) is 26.2 Å². The van der Waals surface area contributed by atoms with E-state index in [9.17, 15) is 9.18 Å². The number of hydrogen-bond acceptors (Lipinski definition) is 2. The van der Waals surface area contributed by atoms with Crippen LogP contribution in [0, 0.1) is 11.7 Å². The number of aryl methyl sites for hydroxylation is 1. The van der Waals surface area contributed by atoms with Gasteiger partial charge in [0, 0.05) is 12.5 Å². The van der Waals surface area contributed by atoms with Crippen LogP contribution in [0.15, 0.2) is 18.2 Å². The number of carboxylic acids is 1. The van der Waals surface area contributed by atoms with Crippen molar-refractivity contribution in [1.29, 1.82) is 0 Å². The SMILES string of the molecule is COc1ccc(CCC(C)CC(=O)O)c(F)c1. The van der Waals surface area contributed by atoms with Crippen LogP contribution in [0.1, 0.15) is 25.3 Å². The Labute approximate surface area is 100 Å². The molecule has 0 bridgehead atoms. The van der Waals surface area contributed by atoms with Crippen molar-refractivity contribution >= 4 is 5.97 Å². The zero-order chi connectivity index (χ0) is 12.8. The van der Waals surface area contributed by atoms with E-state index in [0.29, 0.717) is 24.2 Å². The van der Waals surface area contributed by atoms with Gasteiger partial charge in [-0.05, 0) is 30.4 Å². The molecule has 1 rings (SSSR count). The van der Waals surface area contributed by atoms with Crippen molar-refractivity contribution in [2.24, 2.45) is 5.92 Å². The first-order valence-corrected chi connectivity index (χ1v) is 5.57. The molecule has 94 valence electrons. The van der Waals surface area contributed by atoms with Crippen molar-refractivity contribution in [3.05, 3.63) is 29.6 Å². The molecule has 0 saturated carbocycles. The second-order valence-electron chi connectivity index (χ2n) is 4.20. The Morgan fingerprint density at radius 2 is 2.24 bits per heavy atom. The van der Waals surface area contributed by atoms with E-state index in [1.807, 2.05) is 6.92 Å². The summed E-state index contributed by atoms with van der Waals surface area (Å²) < 4.78 is 18.5. The predicted octanol–water partition coefficient (Wildman–Crippen LogP) is 2.88. The molecule has 0 radical (unpaired) electrons. The average Bonchev–Trinajstić information content (AvgIpc) is 2.26. The fourth-order valence-corrected chi connectivity index (χ4v) is 1.66. The van der Waals surface area contributed by atoms with Gasteiger partial charge in [-0.15, -0.1) is 0 Å². The van der Waals surface area contributed by atoms with Crippen molar-refractivity contribution in [3.63, 3.8) is 0 Å². The third kappa shape index (κ3) is 4.43. The normalized spacial score (nSPS) is 12.2. The average molecular weight is 240 g/mol. The number of benzene rings is 1. The monoisotopic (exact) mass is 240 g/mol. The number of carbonyl (C=O) groups is 1. The summed E-state index contributed by atoms with van der Waals surface area (Å²) in [4.78, 5) is 10.5. The fourth-order valence-electron chi connectivity index (χ4n) is 1.66. The highest BCUT2D eigenvalue weighted by atomic mass is 19.1. The minimum atomic E-state index is -0.812. The highest BCUT2D eigenvalue weighted by Crippen LogP contribution is 2.19. The quantitative estimate of drug-likeness (QED) is 0.831. The van der Waals surface area contributed by atoms with Gasteiger partial charge in [0.1, 0.15) is 11.6 Å². The highest BCUT2D eigenvalue weighted by molar-refractivity contribution is 5.66. The van der Waals surface area contributed by atoms with E-state index in [1.165, 1.54) is 13.2 Å². The number of halogens is 1. The van der Waals surface area contributed by atoms with E-state index in [0.717, 1.165) is 0 Å². The summed E-state index contributed by atoms with van der Waals surface area (Å²) in [5.41, 5.74) is 0.600. The number of carboxylic acid groups (broad SMARTS) is 1. The third-order valence-corrected chi connectivity index (χ3v) is 2.69. The van der Waals surface area contributed by atoms with Crippen molar-refractivity contribution < 1.29 is 19.0 Å². The molecule has 0 fully saturated rings. The first-order valence-electron chi connectivity index (χ1n) is 5.57. The smallest absolute Gasteiger partial charge is 0.303 e. The molecule has 17 heavy (non-hydrogen) atoms. The molecule has 3 nitrogen and oxygen atoms in total. The van der Waals surface area contributed by atoms with Gasteiger partial charge in [-0.2, -0.15) is 0 Å². The molecule has 1 N–H and O–H groups in total. The summed E-state index contributed by atoms with van der Waals surface area (Å²) in [6.45, 7) is 1.86. The largest absolute Gasteiger partial charge is 0.497 e. The molecule has 0 aliphatic heterocycles. The molecule has 4 heteroatoms. The van der Waals surface area contributed by atoms with E-state index in [4.69, 9.17) is 9.84 Å². The number of rotatable bonds is 6. The van der Waals surface area contributed by atoms with Crippen LogP contribution in [0.25, 0.3) is 0 Å². The molecule has 0 heterocycles. The lowest BCUT2D eigenvalue weighted by Gasteiger charge is -2.09. The standard InChI is InChI=1S/C13H17FO3/c1-9(7-13(15)16)3-4-10-5-6-11(17-2)8-12(10)14/h5-6,8-9H,3-4,7H2,1-2H3,(H,15,16). The molecule has 0 spiro atoms. The molecule has 0 saturated heterocycles. The Bertz CT molecular complexity index is 390. The van der Waals surface area contributed by atoms with Gasteiger partial charge in [-0.25, -0.2) is 4.39 Å². The van der Waals surface area contributed by atoms with Gasteiger partial charge in [-0.3, -0.25) is 4.79 Å². The van der Waals surface area contributed by atoms with E-state index < -0.39 is 5.97 Å². The Morgan fingerprint density at radius 1 is 1.53 bits per heavy atom. The summed E-state index contributed by atoms with van der Waals surface area (Å²) in [6.07, 6.45) is 1.33. The molecule has 1 atom stereocenters. The van der Waals surface area contributed by atoms with Crippen LogP contribution in [0.3, 0.4) is 0 Å². The molecule has 1 unspecified atom stereocenters. The van der Waals surface area contributed by atoms with Crippen LogP contribution in [-0.2, 0) is 11.2 Å². The predicted molar refractivity (Wildman–Crippen MR) is 62.7 cm³/mol. The van der Waals surface area contributed by atoms with Gasteiger partial charge in [0.15, 0.2) is 0 Å². The minimum Gasteiger partial charge on any atom is -0.497 e. The fraction of sp³-hybridized carbons (Fsp3) is 0.462. The lowest BCUT2D eigenvalue weighted by Crippen LogP contribution is -2.05. The van der Waals surface area contributed by atoms with E-state index >= 15 is 0 Å². The number of hydrogen-bond donors (Lipinski definition) is 1. The van der Waals surface area contributed by atoms with Gasteiger partial charge in [0.05, 0.1) is 7.11 Å². The lowest BCUT2D eigenvalue weighted by molar-refractivity contribution is -0.138. The second kappa shape index (κ2) is 6.23. The van der Waals surface area contributed by atoms with Gasteiger partial charge in [0.2, 0.25) is 0 Å². The van der Waals surface area contributed by atoms with Crippen LogP contribution in [0.5, 0.6) is 5.75 Å². The maximum Gasteiger partial charge on any atom is 0.303 e. The molecule has 1 aromatic rings.